The number of hydrogen-bond acceptors (Lipinski definition) is 7. The minimum Gasteiger partial charge on any atom is -0.389 e. The predicted molar refractivity (Wildman–Crippen MR) is 151 cm³/mol. The number of carbonyl (C=O) groups is 1. The second kappa shape index (κ2) is 10.9. The van der Waals surface area contributed by atoms with Crippen molar-refractivity contribution in [1.82, 2.24) is 29.4 Å². The lowest BCUT2D eigenvalue weighted by atomic mass is 9.93. The first-order chi connectivity index (χ1) is 19.4. The maximum absolute atomic E-state index is 13.4. The van der Waals surface area contributed by atoms with E-state index in [4.69, 9.17) is 15.1 Å². The van der Waals surface area contributed by atoms with Crippen LogP contribution in [0, 0.1) is 5.82 Å². The highest BCUT2D eigenvalue weighted by Crippen LogP contribution is 2.31. The van der Waals surface area contributed by atoms with Crippen molar-refractivity contribution < 1.29 is 14.3 Å². The van der Waals surface area contributed by atoms with Gasteiger partial charge in [-0.1, -0.05) is 13.0 Å². The van der Waals surface area contributed by atoms with Crippen molar-refractivity contribution in [2.75, 3.05) is 44.7 Å². The largest absolute Gasteiger partial charge is 0.389 e. The van der Waals surface area contributed by atoms with Gasteiger partial charge in [0, 0.05) is 31.6 Å². The number of imidazole rings is 1. The summed E-state index contributed by atoms with van der Waals surface area (Å²) in [5.74, 6) is 1.75. The zero-order valence-electron chi connectivity index (χ0n) is 22.9. The number of rotatable bonds is 7. The third kappa shape index (κ3) is 5.16. The Balaban J connectivity index is 1.22. The van der Waals surface area contributed by atoms with Crippen LogP contribution in [0.15, 0.2) is 54.6 Å². The number of aliphatic hydroxyl groups excluding tert-OH is 1. The fourth-order valence-corrected chi connectivity index (χ4v) is 5.61. The summed E-state index contributed by atoms with van der Waals surface area (Å²) >= 11 is 0. The molecule has 0 aliphatic carbocycles. The van der Waals surface area contributed by atoms with Gasteiger partial charge < -0.3 is 14.9 Å². The number of aromatic nitrogens is 4. The first kappa shape index (κ1) is 26.3. The molecule has 1 amide bonds. The number of halogens is 1. The van der Waals surface area contributed by atoms with Gasteiger partial charge in [0.15, 0.2) is 11.5 Å². The summed E-state index contributed by atoms with van der Waals surface area (Å²) in [7, 11) is 1.97. The van der Waals surface area contributed by atoms with E-state index in [9.17, 15) is 14.3 Å². The molecular formula is C30H34FN7O2. The lowest BCUT2D eigenvalue weighted by Gasteiger charge is -2.38. The molecule has 3 aromatic heterocycles. The van der Waals surface area contributed by atoms with Crippen LogP contribution in [0.25, 0.3) is 16.9 Å². The van der Waals surface area contributed by atoms with Crippen LogP contribution in [0.4, 0.5) is 16.0 Å². The molecule has 0 bridgehead atoms. The summed E-state index contributed by atoms with van der Waals surface area (Å²) in [6.07, 6.45) is 2.23. The van der Waals surface area contributed by atoms with E-state index in [0.29, 0.717) is 25.6 Å². The van der Waals surface area contributed by atoms with E-state index in [1.165, 1.54) is 12.1 Å². The summed E-state index contributed by atoms with van der Waals surface area (Å²) < 4.78 is 15.4. The monoisotopic (exact) mass is 543 g/mol. The van der Waals surface area contributed by atoms with Crippen molar-refractivity contribution in [1.29, 1.82) is 0 Å². The Kier molecular flexibility index (Phi) is 7.20. The maximum Gasteiger partial charge on any atom is 0.236 e. The van der Waals surface area contributed by atoms with Gasteiger partial charge >= 0.3 is 0 Å². The number of nitrogens with zero attached hydrogens (tertiary/aromatic N) is 7. The number of aliphatic hydroxyl groups is 1. The molecule has 0 spiro atoms. The van der Waals surface area contributed by atoms with Crippen molar-refractivity contribution in [2.24, 2.45) is 0 Å². The Labute approximate surface area is 232 Å². The summed E-state index contributed by atoms with van der Waals surface area (Å²) in [4.78, 5) is 28.1. The van der Waals surface area contributed by atoms with Gasteiger partial charge in [0.25, 0.3) is 0 Å². The van der Waals surface area contributed by atoms with Crippen LogP contribution in [0.1, 0.15) is 37.1 Å². The second-order valence-electron chi connectivity index (χ2n) is 10.7. The molecule has 9 nitrogen and oxygen atoms in total. The zero-order valence-corrected chi connectivity index (χ0v) is 22.9. The van der Waals surface area contributed by atoms with Gasteiger partial charge in [0.05, 0.1) is 29.7 Å². The van der Waals surface area contributed by atoms with E-state index < -0.39 is 0 Å². The van der Waals surface area contributed by atoms with E-state index in [2.05, 4.69) is 17.9 Å². The van der Waals surface area contributed by atoms with Gasteiger partial charge in [-0.25, -0.2) is 14.4 Å². The number of pyridine rings is 1. The van der Waals surface area contributed by atoms with Crippen molar-refractivity contribution in [3.05, 3.63) is 71.8 Å². The van der Waals surface area contributed by atoms with E-state index in [1.807, 2.05) is 40.7 Å². The van der Waals surface area contributed by atoms with Crippen LogP contribution in [0.5, 0.6) is 0 Å². The van der Waals surface area contributed by atoms with Crippen LogP contribution in [0.2, 0.25) is 0 Å². The Hall–Kier alpha value is -3.89. The number of benzene rings is 1. The average Bonchev–Trinajstić information content (AvgIpc) is 3.34. The molecule has 1 aromatic carbocycles. The van der Waals surface area contributed by atoms with E-state index in [1.54, 1.807) is 17.0 Å². The molecule has 2 aliphatic heterocycles. The number of likely N-dealkylation sites (tertiary alicyclic amines) is 2. The van der Waals surface area contributed by atoms with Crippen molar-refractivity contribution >= 4 is 23.2 Å². The molecule has 208 valence electrons. The van der Waals surface area contributed by atoms with E-state index in [-0.39, 0.29) is 17.8 Å². The Bertz CT molecular complexity index is 1510. The number of carbonyl (C=O) groups excluding carboxylic acids is 1. The normalized spacial score (nSPS) is 16.9. The fourth-order valence-electron chi connectivity index (χ4n) is 5.61. The Morgan fingerprint density at radius 3 is 2.50 bits per heavy atom. The molecule has 1 N–H and O–H groups in total. The van der Waals surface area contributed by atoms with E-state index in [0.717, 1.165) is 72.3 Å². The van der Waals surface area contributed by atoms with Crippen molar-refractivity contribution in [2.45, 2.75) is 38.2 Å². The molecule has 5 heterocycles. The molecule has 2 aliphatic rings. The van der Waals surface area contributed by atoms with Crippen molar-refractivity contribution in [3.8, 4) is 11.3 Å². The SMILES string of the molecule is CCc1nc2ccc(C3CCN(CC(=O)N4CC(O)C4)CC3)nn2c1N(C)c1cccc(-c2ccc(F)cc2)n1. The number of fused-ring (bicyclic) bond motifs is 1. The molecule has 40 heavy (non-hydrogen) atoms. The summed E-state index contributed by atoms with van der Waals surface area (Å²) in [5.41, 5.74) is 4.36. The number of aryl methyl sites for hydroxylation is 1. The molecule has 0 atom stereocenters. The second-order valence-corrected chi connectivity index (χ2v) is 10.7. The third-order valence-corrected chi connectivity index (χ3v) is 7.99. The topological polar surface area (TPSA) is 90.1 Å². The quantitative estimate of drug-likeness (QED) is 0.381. The molecule has 0 radical (unpaired) electrons. The average molecular weight is 544 g/mol. The highest BCUT2D eigenvalue weighted by molar-refractivity contribution is 5.79. The van der Waals surface area contributed by atoms with Crippen LogP contribution in [-0.4, -0.2) is 86.3 Å². The predicted octanol–water partition coefficient (Wildman–Crippen LogP) is 3.64. The maximum atomic E-state index is 13.4. The van der Waals surface area contributed by atoms with Gasteiger partial charge in [-0.3, -0.25) is 9.69 Å². The number of hydrogen-bond donors (Lipinski definition) is 1. The van der Waals surface area contributed by atoms with Crippen LogP contribution >= 0.6 is 0 Å². The van der Waals surface area contributed by atoms with E-state index >= 15 is 0 Å². The molecule has 2 saturated heterocycles. The lowest BCUT2D eigenvalue weighted by molar-refractivity contribution is -0.142. The number of amides is 1. The van der Waals surface area contributed by atoms with Crippen LogP contribution in [-0.2, 0) is 11.2 Å². The summed E-state index contributed by atoms with van der Waals surface area (Å²) in [6, 6.07) is 16.3. The van der Waals surface area contributed by atoms with Crippen LogP contribution < -0.4 is 4.90 Å². The summed E-state index contributed by atoms with van der Waals surface area (Å²) in [6.45, 7) is 5.07. The first-order valence-corrected chi connectivity index (χ1v) is 13.9. The standard InChI is InChI=1S/C30H34FN7O2/c1-3-24-30(35(2)27-6-4-5-25(33-27)20-7-9-22(31)10-8-20)38-28(32-24)12-11-26(34-38)21-13-15-36(16-14-21)19-29(40)37-17-23(39)18-37/h4-12,21,23,39H,3,13-19H2,1-2H3. The Morgan fingerprint density at radius 1 is 1.05 bits per heavy atom. The van der Waals surface area contributed by atoms with Gasteiger partial charge in [0.1, 0.15) is 11.6 Å². The fraction of sp³-hybridized carbons (Fsp3) is 0.400. The van der Waals surface area contributed by atoms with Gasteiger partial charge in [-0.2, -0.15) is 9.61 Å². The smallest absolute Gasteiger partial charge is 0.236 e. The van der Waals surface area contributed by atoms with Gasteiger partial charge in [0.2, 0.25) is 5.91 Å². The number of anilines is 2. The van der Waals surface area contributed by atoms with Gasteiger partial charge in [-0.05, 0) is 80.9 Å². The first-order valence-electron chi connectivity index (χ1n) is 13.9. The molecule has 6 rings (SSSR count). The van der Waals surface area contributed by atoms with Crippen molar-refractivity contribution in [3.63, 3.8) is 0 Å². The highest BCUT2D eigenvalue weighted by atomic mass is 19.1. The minimum absolute atomic E-state index is 0.0959. The molecular weight excluding hydrogens is 509 g/mol. The molecule has 0 unspecified atom stereocenters. The Morgan fingerprint density at radius 2 is 1.80 bits per heavy atom. The summed E-state index contributed by atoms with van der Waals surface area (Å²) in [5, 5.41) is 14.5. The molecule has 0 saturated carbocycles. The number of piperidine rings is 1. The lowest BCUT2D eigenvalue weighted by Crippen LogP contribution is -2.56. The molecule has 10 heteroatoms. The zero-order chi connectivity index (χ0) is 27.8. The minimum atomic E-state index is -0.370. The molecule has 2 fully saturated rings. The number of β-amino-alcohol motifs (C(OH)–C–C–N with tert-alkyl or cyclic N) is 1. The molecule has 4 aromatic rings. The van der Waals surface area contributed by atoms with Gasteiger partial charge in [-0.15, -0.1) is 0 Å². The van der Waals surface area contributed by atoms with Crippen LogP contribution in [0.3, 0.4) is 0 Å². The highest BCUT2D eigenvalue weighted by Gasteiger charge is 2.31. The third-order valence-electron chi connectivity index (χ3n) is 7.99.